The molecule has 1 fully saturated rings. The summed E-state index contributed by atoms with van der Waals surface area (Å²) in [6, 6.07) is 4.43. The highest BCUT2D eigenvalue weighted by Gasteiger charge is 2.31. The number of phenols is 1. The van der Waals surface area contributed by atoms with Crippen LogP contribution in [-0.2, 0) is 0 Å². The fraction of sp³-hybridized carbons (Fsp3) is 0.600. The van der Waals surface area contributed by atoms with Gasteiger partial charge in [0.05, 0.1) is 7.11 Å². The number of aromatic hydroxyl groups is 1. The molecule has 2 N–H and O–H groups in total. The Balaban J connectivity index is 0.00000264. The van der Waals surface area contributed by atoms with Crippen LogP contribution in [-0.4, -0.2) is 49.5 Å². The zero-order chi connectivity index (χ0) is 16.2. The number of ether oxygens (including phenoxy) is 1. The van der Waals surface area contributed by atoms with Crippen LogP contribution in [0.1, 0.15) is 24.4 Å². The van der Waals surface area contributed by atoms with E-state index >= 15 is 0 Å². The Labute approximate surface area is 152 Å². The van der Waals surface area contributed by atoms with Gasteiger partial charge in [-0.3, -0.25) is 4.90 Å². The van der Waals surface area contributed by atoms with E-state index in [1.165, 1.54) is 13.2 Å². The van der Waals surface area contributed by atoms with Gasteiger partial charge >= 0.3 is 6.18 Å². The smallest absolute Gasteiger partial charge is 0.389 e. The number of hydrogen-bond donors (Lipinski definition) is 2. The van der Waals surface area contributed by atoms with E-state index in [0.717, 1.165) is 18.7 Å². The van der Waals surface area contributed by atoms with Crippen LogP contribution in [0.15, 0.2) is 18.2 Å². The van der Waals surface area contributed by atoms with Crippen LogP contribution in [0.4, 0.5) is 13.2 Å². The summed E-state index contributed by atoms with van der Waals surface area (Å²) < 4.78 is 42.9. The second kappa shape index (κ2) is 10.2. The number of piperazine rings is 1. The molecule has 1 aromatic carbocycles. The van der Waals surface area contributed by atoms with Crippen molar-refractivity contribution in [1.82, 2.24) is 10.2 Å². The summed E-state index contributed by atoms with van der Waals surface area (Å²) in [6.45, 7) is 2.92. The largest absolute Gasteiger partial charge is 0.504 e. The minimum Gasteiger partial charge on any atom is -0.504 e. The number of nitrogens with zero attached hydrogens (tertiary/aromatic N) is 1. The average Bonchev–Trinajstić information content (AvgIpc) is 2.49. The Morgan fingerprint density at radius 1 is 1.25 bits per heavy atom. The van der Waals surface area contributed by atoms with Crippen LogP contribution in [0.25, 0.3) is 0 Å². The summed E-state index contributed by atoms with van der Waals surface area (Å²) in [4.78, 5) is 2.05. The van der Waals surface area contributed by atoms with Crippen molar-refractivity contribution in [3.63, 3.8) is 0 Å². The van der Waals surface area contributed by atoms with Crippen molar-refractivity contribution in [2.45, 2.75) is 25.1 Å². The van der Waals surface area contributed by atoms with Gasteiger partial charge in [0.25, 0.3) is 0 Å². The monoisotopic (exact) mass is 390 g/mol. The number of alkyl halides is 3. The van der Waals surface area contributed by atoms with Gasteiger partial charge in [-0.2, -0.15) is 13.2 Å². The van der Waals surface area contributed by atoms with Crippen LogP contribution in [0.3, 0.4) is 0 Å². The van der Waals surface area contributed by atoms with Crippen molar-refractivity contribution >= 4 is 24.8 Å². The number of hydrogen-bond acceptors (Lipinski definition) is 4. The van der Waals surface area contributed by atoms with Gasteiger partial charge < -0.3 is 15.2 Å². The number of phenolic OH excluding ortho intramolecular Hbond substituents is 1. The molecule has 0 saturated carbocycles. The van der Waals surface area contributed by atoms with E-state index in [1.54, 1.807) is 12.1 Å². The second-order valence-electron chi connectivity index (χ2n) is 5.39. The zero-order valence-electron chi connectivity index (χ0n) is 13.3. The Morgan fingerprint density at radius 3 is 2.42 bits per heavy atom. The lowest BCUT2D eigenvalue weighted by Gasteiger charge is -2.35. The standard InChI is InChI=1S/C15H21F3N2O2.2ClH/c1-22-14-10-11(2-3-13(14)21)12(4-5-15(16,17)18)20-8-6-19-7-9-20;;/h2-3,10,12,19,21H,4-9H2,1H3;2*1H/t12-;;/m0../s1. The molecule has 0 aromatic heterocycles. The molecule has 0 unspecified atom stereocenters. The first-order valence-corrected chi connectivity index (χ1v) is 7.29. The maximum absolute atomic E-state index is 12.6. The van der Waals surface area contributed by atoms with E-state index in [-0.39, 0.29) is 48.8 Å². The van der Waals surface area contributed by atoms with Gasteiger partial charge in [0.1, 0.15) is 0 Å². The minimum absolute atomic E-state index is 0. The molecule has 0 bridgehead atoms. The minimum atomic E-state index is -4.17. The summed E-state index contributed by atoms with van der Waals surface area (Å²) in [5.41, 5.74) is 0.737. The van der Waals surface area contributed by atoms with Gasteiger partial charge in [0.15, 0.2) is 11.5 Å². The SMILES string of the molecule is COc1cc([C@H](CCC(F)(F)F)N2CCNCC2)ccc1O.Cl.Cl. The van der Waals surface area contributed by atoms with Gasteiger partial charge in [-0.1, -0.05) is 6.07 Å². The predicted octanol–water partition coefficient (Wildman–Crippen LogP) is 3.53. The predicted molar refractivity (Wildman–Crippen MR) is 91.6 cm³/mol. The Morgan fingerprint density at radius 2 is 1.88 bits per heavy atom. The fourth-order valence-corrected chi connectivity index (χ4v) is 2.76. The first-order valence-electron chi connectivity index (χ1n) is 7.29. The van der Waals surface area contributed by atoms with E-state index in [0.29, 0.717) is 13.1 Å². The lowest BCUT2D eigenvalue weighted by atomic mass is 9.98. The Hall–Kier alpha value is -0.890. The molecule has 1 aromatic rings. The van der Waals surface area contributed by atoms with Crippen molar-refractivity contribution in [3.8, 4) is 11.5 Å². The highest BCUT2D eigenvalue weighted by atomic mass is 35.5. The summed E-state index contributed by atoms with van der Waals surface area (Å²) in [5.74, 6) is 0.269. The number of nitrogens with one attached hydrogen (secondary N) is 1. The number of benzene rings is 1. The van der Waals surface area contributed by atoms with E-state index < -0.39 is 12.6 Å². The number of methoxy groups -OCH3 is 1. The summed E-state index contributed by atoms with van der Waals surface area (Å²) in [6.07, 6.45) is -5.00. The van der Waals surface area contributed by atoms with Crippen molar-refractivity contribution in [2.24, 2.45) is 0 Å². The van der Waals surface area contributed by atoms with E-state index in [9.17, 15) is 18.3 Å². The fourth-order valence-electron chi connectivity index (χ4n) is 2.76. The highest BCUT2D eigenvalue weighted by Crippen LogP contribution is 2.35. The normalized spacial score (nSPS) is 16.7. The third-order valence-corrected chi connectivity index (χ3v) is 3.88. The maximum Gasteiger partial charge on any atom is 0.389 e. The number of halogens is 5. The molecule has 9 heteroatoms. The first kappa shape index (κ1) is 23.1. The summed E-state index contributed by atoms with van der Waals surface area (Å²) >= 11 is 0. The van der Waals surface area contributed by atoms with E-state index in [2.05, 4.69) is 5.32 Å². The van der Waals surface area contributed by atoms with Gasteiger partial charge in [-0.05, 0) is 24.1 Å². The topological polar surface area (TPSA) is 44.7 Å². The molecule has 140 valence electrons. The Kier molecular flexibility index (Phi) is 9.80. The molecule has 1 atom stereocenters. The summed E-state index contributed by atoms with van der Waals surface area (Å²) in [7, 11) is 1.42. The third kappa shape index (κ3) is 6.55. The molecule has 1 aliphatic heterocycles. The molecular weight excluding hydrogens is 368 g/mol. The Bertz CT molecular complexity index is 498. The maximum atomic E-state index is 12.6. The zero-order valence-corrected chi connectivity index (χ0v) is 14.9. The quantitative estimate of drug-likeness (QED) is 0.806. The molecule has 0 amide bonds. The molecule has 24 heavy (non-hydrogen) atoms. The molecule has 0 spiro atoms. The lowest BCUT2D eigenvalue weighted by Crippen LogP contribution is -2.45. The van der Waals surface area contributed by atoms with Crippen molar-refractivity contribution in [2.75, 3.05) is 33.3 Å². The van der Waals surface area contributed by atoms with Crippen LogP contribution in [0, 0.1) is 0 Å². The van der Waals surface area contributed by atoms with Gasteiger partial charge in [0.2, 0.25) is 0 Å². The highest BCUT2D eigenvalue weighted by molar-refractivity contribution is 5.85. The van der Waals surface area contributed by atoms with Crippen LogP contribution >= 0.6 is 24.8 Å². The molecule has 4 nitrogen and oxygen atoms in total. The number of rotatable bonds is 5. The van der Waals surface area contributed by atoms with Crippen LogP contribution in [0.5, 0.6) is 11.5 Å². The van der Waals surface area contributed by atoms with Crippen molar-refractivity contribution in [1.29, 1.82) is 0 Å². The molecule has 0 radical (unpaired) electrons. The molecule has 2 rings (SSSR count). The molecule has 1 heterocycles. The van der Waals surface area contributed by atoms with E-state index in [4.69, 9.17) is 4.74 Å². The first-order chi connectivity index (χ1) is 10.4. The van der Waals surface area contributed by atoms with Crippen molar-refractivity contribution < 1.29 is 23.0 Å². The second-order valence-corrected chi connectivity index (χ2v) is 5.39. The van der Waals surface area contributed by atoms with Gasteiger partial charge in [-0.15, -0.1) is 24.8 Å². The van der Waals surface area contributed by atoms with E-state index in [1.807, 2.05) is 4.90 Å². The van der Waals surface area contributed by atoms with Crippen LogP contribution in [0.2, 0.25) is 0 Å². The summed E-state index contributed by atoms with van der Waals surface area (Å²) in [5, 5.41) is 12.9. The molecule has 1 saturated heterocycles. The van der Waals surface area contributed by atoms with Gasteiger partial charge in [0, 0.05) is 38.6 Å². The van der Waals surface area contributed by atoms with Gasteiger partial charge in [-0.25, -0.2) is 0 Å². The lowest BCUT2D eigenvalue weighted by molar-refractivity contribution is -0.138. The third-order valence-electron chi connectivity index (χ3n) is 3.88. The molecule has 1 aliphatic rings. The molecular formula is C15H23Cl2F3N2O2. The van der Waals surface area contributed by atoms with Crippen LogP contribution < -0.4 is 10.1 Å². The molecule has 0 aliphatic carbocycles. The average molecular weight is 391 g/mol. The van der Waals surface area contributed by atoms with Crippen molar-refractivity contribution in [3.05, 3.63) is 23.8 Å².